The van der Waals surface area contributed by atoms with E-state index in [1.807, 2.05) is 6.92 Å². The molecule has 1 heterocycles. The molecule has 1 aromatic heterocycles. The Balaban J connectivity index is 2.14. The molecule has 0 atom stereocenters. The van der Waals surface area contributed by atoms with Crippen LogP contribution in [-0.2, 0) is 0 Å². The fourth-order valence-electron chi connectivity index (χ4n) is 1.75. The molecule has 0 bridgehead atoms. The summed E-state index contributed by atoms with van der Waals surface area (Å²) in [5.74, 6) is -1.41. The maximum atomic E-state index is 13.0. The van der Waals surface area contributed by atoms with Crippen molar-refractivity contribution in [3.8, 4) is 0 Å². The summed E-state index contributed by atoms with van der Waals surface area (Å²) < 4.78 is 13.0. The van der Waals surface area contributed by atoms with E-state index in [1.54, 1.807) is 24.3 Å². The van der Waals surface area contributed by atoms with Crippen LogP contribution in [0.3, 0.4) is 0 Å². The summed E-state index contributed by atoms with van der Waals surface area (Å²) >= 11 is 0. The first kappa shape index (κ1) is 14.6. The molecule has 0 radical (unpaired) electrons. The van der Waals surface area contributed by atoms with Crippen molar-refractivity contribution in [1.29, 1.82) is 0 Å². The van der Waals surface area contributed by atoms with Crippen LogP contribution in [0.2, 0.25) is 0 Å². The molecule has 0 fully saturated rings. The normalized spacial score (nSPS) is 10.0. The Kier molecular flexibility index (Phi) is 4.61. The number of benzene rings is 1. The second kappa shape index (κ2) is 6.60. The number of anilines is 1. The van der Waals surface area contributed by atoms with Crippen molar-refractivity contribution >= 4 is 17.5 Å². The zero-order valence-corrected chi connectivity index (χ0v) is 11.4. The van der Waals surface area contributed by atoms with Gasteiger partial charge in [0.15, 0.2) is 0 Å². The Morgan fingerprint density at radius 2 is 1.90 bits per heavy atom. The summed E-state index contributed by atoms with van der Waals surface area (Å²) in [6.45, 7) is 2.34. The summed E-state index contributed by atoms with van der Waals surface area (Å²) in [6, 6.07) is 8.97. The van der Waals surface area contributed by atoms with E-state index in [2.05, 4.69) is 15.6 Å². The number of nitrogens with zero attached hydrogens (tertiary/aromatic N) is 1. The highest BCUT2D eigenvalue weighted by molar-refractivity contribution is 6.05. The number of halogens is 1. The number of carbonyl (C=O) groups is 2. The van der Waals surface area contributed by atoms with Crippen molar-refractivity contribution < 1.29 is 14.0 Å². The van der Waals surface area contributed by atoms with Gasteiger partial charge in [0.05, 0.1) is 0 Å². The minimum absolute atomic E-state index is 0.158. The topological polar surface area (TPSA) is 71.1 Å². The third kappa shape index (κ3) is 3.85. The van der Waals surface area contributed by atoms with Gasteiger partial charge >= 0.3 is 0 Å². The average molecular weight is 287 g/mol. The van der Waals surface area contributed by atoms with E-state index in [1.165, 1.54) is 12.3 Å². The van der Waals surface area contributed by atoms with Crippen LogP contribution < -0.4 is 10.6 Å². The SMILES string of the molecule is CCNC(=O)c1cccc(NC(=O)c2ccnc(F)c2)c1. The molecule has 0 spiro atoms. The van der Waals surface area contributed by atoms with Crippen LogP contribution in [0.1, 0.15) is 27.6 Å². The Morgan fingerprint density at radius 1 is 1.14 bits per heavy atom. The molecule has 2 N–H and O–H groups in total. The summed E-state index contributed by atoms with van der Waals surface area (Å²) in [6.07, 6.45) is 1.22. The van der Waals surface area contributed by atoms with Gasteiger partial charge in [0, 0.05) is 35.6 Å². The Labute approximate surface area is 121 Å². The minimum atomic E-state index is -0.723. The fraction of sp³-hybridized carbons (Fsp3) is 0.133. The number of hydrogen-bond acceptors (Lipinski definition) is 3. The zero-order chi connectivity index (χ0) is 15.2. The lowest BCUT2D eigenvalue weighted by Gasteiger charge is -2.07. The van der Waals surface area contributed by atoms with Gasteiger partial charge in [-0.2, -0.15) is 4.39 Å². The van der Waals surface area contributed by atoms with Gasteiger partial charge in [0.2, 0.25) is 5.95 Å². The molecule has 0 aliphatic rings. The third-order valence-corrected chi connectivity index (χ3v) is 2.71. The second-order valence-electron chi connectivity index (χ2n) is 4.26. The van der Waals surface area contributed by atoms with Crippen molar-refractivity contribution in [3.05, 3.63) is 59.7 Å². The van der Waals surface area contributed by atoms with Gasteiger partial charge in [0.1, 0.15) is 0 Å². The number of carbonyl (C=O) groups excluding carboxylic acids is 2. The van der Waals surface area contributed by atoms with Gasteiger partial charge < -0.3 is 10.6 Å². The summed E-state index contributed by atoms with van der Waals surface area (Å²) in [4.78, 5) is 27.1. The predicted octanol–water partition coefficient (Wildman–Crippen LogP) is 2.22. The van der Waals surface area contributed by atoms with Crippen LogP contribution in [0.5, 0.6) is 0 Å². The highest BCUT2D eigenvalue weighted by Crippen LogP contribution is 2.12. The minimum Gasteiger partial charge on any atom is -0.352 e. The first-order valence-corrected chi connectivity index (χ1v) is 6.41. The van der Waals surface area contributed by atoms with Gasteiger partial charge in [-0.3, -0.25) is 9.59 Å². The molecule has 2 rings (SSSR count). The molecule has 1 aromatic carbocycles. The van der Waals surface area contributed by atoms with E-state index >= 15 is 0 Å². The second-order valence-corrected chi connectivity index (χ2v) is 4.26. The highest BCUT2D eigenvalue weighted by Gasteiger charge is 2.09. The monoisotopic (exact) mass is 287 g/mol. The molecular formula is C15H14FN3O2. The molecule has 0 saturated heterocycles. The van der Waals surface area contributed by atoms with E-state index in [0.29, 0.717) is 17.8 Å². The quantitative estimate of drug-likeness (QED) is 0.847. The largest absolute Gasteiger partial charge is 0.352 e. The molecule has 0 aliphatic heterocycles. The van der Waals surface area contributed by atoms with Crippen LogP contribution in [0.15, 0.2) is 42.6 Å². The van der Waals surface area contributed by atoms with E-state index in [9.17, 15) is 14.0 Å². The number of aromatic nitrogens is 1. The van der Waals surface area contributed by atoms with Crippen LogP contribution in [0.25, 0.3) is 0 Å². The number of amides is 2. The summed E-state index contributed by atoms with van der Waals surface area (Å²) in [7, 11) is 0. The van der Waals surface area contributed by atoms with E-state index in [-0.39, 0.29) is 11.5 Å². The van der Waals surface area contributed by atoms with Crippen molar-refractivity contribution in [1.82, 2.24) is 10.3 Å². The molecule has 0 saturated carbocycles. The lowest BCUT2D eigenvalue weighted by Crippen LogP contribution is -2.22. The van der Waals surface area contributed by atoms with Gasteiger partial charge in [-0.25, -0.2) is 4.98 Å². The maximum Gasteiger partial charge on any atom is 0.255 e. The zero-order valence-electron chi connectivity index (χ0n) is 11.4. The van der Waals surface area contributed by atoms with Crippen molar-refractivity contribution in [2.45, 2.75) is 6.92 Å². The predicted molar refractivity (Wildman–Crippen MR) is 76.6 cm³/mol. The molecule has 5 nitrogen and oxygen atoms in total. The molecule has 0 aliphatic carbocycles. The molecular weight excluding hydrogens is 273 g/mol. The van der Waals surface area contributed by atoms with E-state index in [4.69, 9.17) is 0 Å². The number of pyridine rings is 1. The molecule has 21 heavy (non-hydrogen) atoms. The Bertz CT molecular complexity index is 673. The number of rotatable bonds is 4. The highest BCUT2D eigenvalue weighted by atomic mass is 19.1. The standard InChI is InChI=1S/C15H14FN3O2/c1-2-17-14(20)10-4-3-5-12(8-10)19-15(21)11-6-7-18-13(16)9-11/h3-9H,2H2,1H3,(H,17,20)(H,19,21). The van der Waals surface area contributed by atoms with Crippen LogP contribution in [0.4, 0.5) is 10.1 Å². The van der Waals surface area contributed by atoms with Crippen molar-refractivity contribution in [3.63, 3.8) is 0 Å². The van der Waals surface area contributed by atoms with Gasteiger partial charge in [-0.1, -0.05) is 6.07 Å². The van der Waals surface area contributed by atoms with Crippen LogP contribution in [0, 0.1) is 5.95 Å². The molecule has 2 amide bonds. The lowest BCUT2D eigenvalue weighted by molar-refractivity contribution is 0.0954. The van der Waals surface area contributed by atoms with E-state index in [0.717, 1.165) is 6.07 Å². The van der Waals surface area contributed by atoms with Crippen molar-refractivity contribution in [2.24, 2.45) is 0 Å². The van der Waals surface area contributed by atoms with Crippen LogP contribution >= 0.6 is 0 Å². The Morgan fingerprint density at radius 3 is 2.62 bits per heavy atom. The fourth-order valence-corrected chi connectivity index (χ4v) is 1.75. The van der Waals surface area contributed by atoms with Crippen molar-refractivity contribution in [2.75, 3.05) is 11.9 Å². The smallest absolute Gasteiger partial charge is 0.255 e. The lowest BCUT2D eigenvalue weighted by atomic mass is 10.1. The molecule has 2 aromatic rings. The molecule has 0 unspecified atom stereocenters. The van der Waals surface area contributed by atoms with Gasteiger partial charge in [-0.05, 0) is 31.2 Å². The molecule has 108 valence electrons. The average Bonchev–Trinajstić information content (AvgIpc) is 2.48. The van der Waals surface area contributed by atoms with Crippen LogP contribution in [-0.4, -0.2) is 23.3 Å². The first-order valence-electron chi connectivity index (χ1n) is 6.41. The first-order chi connectivity index (χ1) is 10.1. The number of nitrogens with one attached hydrogen (secondary N) is 2. The van der Waals surface area contributed by atoms with Gasteiger partial charge in [-0.15, -0.1) is 0 Å². The van der Waals surface area contributed by atoms with E-state index < -0.39 is 11.9 Å². The summed E-state index contributed by atoms with van der Waals surface area (Å²) in [5.41, 5.74) is 1.06. The maximum absolute atomic E-state index is 13.0. The molecule has 6 heteroatoms. The Hall–Kier alpha value is -2.76. The third-order valence-electron chi connectivity index (χ3n) is 2.71. The summed E-state index contributed by atoms with van der Waals surface area (Å²) in [5, 5.41) is 5.28. The van der Waals surface area contributed by atoms with Gasteiger partial charge in [0.25, 0.3) is 11.8 Å². The number of hydrogen-bond donors (Lipinski definition) is 2.